The van der Waals surface area contributed by atoms with Gasteiger partial charge in [0, 0.05) is 0 Å². The second-order valence-electron chi connectivity index (χ2n) is 5.17. The molecule has 0 fully saturated rings. The van der Waals surface area contributed by atoms with Crippen molar-refractivity contribution < 1.29 is 22.5 Å². The van der Waals surface area contributed by atoms with Crippen LogP contribution >= 0.6 is 0 Å². The molecule has 23 heavy (non-hydrogen) atoms. The number of fused-ring (bicyclic) bond motifs is 1. The molecule has 1 atom stereocenters. The smallest absolute Gasteiger partial charge is 0.270 e. The second kappa shape index (κ2) is 5.27. The van der Waals surface area contributed by atoms with Crippen LogP contribution in [0, 0.1) is 13.8 Å². The molecule has 0 radical (unpaired) electrons. The van der Waals surface area contributed by atoms with Gasteiger partial charge in [0.1, 0.15) is 11.4 Å². The third kappa shape index (κ3) is 2.42. The summed E-state index contributed by atoms with van der Waals surface area (Å²) in [7, 11) is -3.97. The summed E-state index contributed by atoms with van der Waals surface area (Å²) < 4.78 is 37.6. The normalized spacial score (nSPS) is 17.5. The molecule has 2 heterocycles. The van der Waals surface area contributed by atoms with Gasteiger partial charge in [-0.25, -0.2) is 8.42 Å². The number of nitrogens with two attached hydrogens (primary N) is 1. The average molecular weight is 337 g/mol. The number of anilines is 1. The van der Waals surface area contributed by atoms with Gasteiger partial charge in [-0.3, -0.25) is 9.10 Å². The summed E-state index contributed by atoms with van der Waals surface area (Å²) in [6, 6.07) is 6.55. The molecule has 1 amide bonds. The molecule has 0 saturated carbocycles. The van der Waals surface area contributed by atoms with Crippen molar-refractivity contribution in [3.63, 3.8) is 0 Å². The van der Waals surface area contributed by atoms with E-state index in [4.69, 9.17) is 15.0 Å². The number of hydrogen-bond donors (Lipinski definition) is 1. The Morgan fingerprint density at radius 2 is 2.04 bits per heavy atom. The number of aromatic nitrogens is 1. The number of ether oxygens (including phenoxy) is 1. The summed E-state index contributed by atoms with van der Waals surface area (Å²) in [6.07, 6.45) is -1.07. The predicted molar refractivity (Wildman–Crippen MR) is 80.6 cm³/mol. The van der Waals surface area contributed by atoms with Gasteiger partial charge in [-0.1, -0.05) is 17.3 Å². The van der Waals surface area contributed by atoms with Crippen molar-refractivity contribution in [1.29, 1.82) is 0 Å². The molecule has 9 heteroatoms. The minimum atomic E-state index is -3.97. The first-order chi connectivity index (χ1) is 10.8. The van der Waals surface area contributed by atoms with Crippen LogP contribution in [0.2, 0.25) is 0 Å². The molecule has 1 aliphatic rings. The SMILES string of the molecule is Cc1noc(C)c1S(=O)(=O)N1C[C@H](C(N)=O)Oc2ccccc21. The summed E-state index contributed by atoms with van der Waals surface area (Å²) in [6.45, 7) is 2.85. The van der Waals surface area contributed by atoms with Crippen molar-refractivity contribution in [3.05, 3.63) is 35.7 Å². The Hall–Kier alpha value is -2.55. The minimum absolute atomic E-state index is 0.0163. The first kappa shape index (κ1) is 15.3. The number of aryl methyl sites for hydroxylation is 2. The van der Waals surface area contributed by atoms with E-state index in [0.29, 0.717) is 5.69 Å². The zero-order valence-electron chi connectivity index (χ0n) is 12.5. The molecule has 3 rings (SSSR count). The molecular weight excluding hydrogens is 322 g/mol. The third-order valence-electron chi connectivity index (χ3n) is 3.57. The van der Waals surface area contributed by atoms with Gasteiger partial charge >= 0.3 is 0 Å². The third-order valence-corrected chi connectivity index (χ3v) is 5.59. The van der Waals surface area contributed by atoms with Gasteiger partial charge in [0.2, 0.25) is 0 Å². The highest BCUT2D eigenvalue weighted by Crippen LogP contribution is 2.37. The monoisotopic (exact) mass is 337 g/mol. The zero-order chi connectivity index (χ0) is 16.8. The Morgan fingerprint density at radius 1 is 1.35 bits per heavy atom. The van der Waals surface area contributed by atoms with Crippen LogP contribution in [-0.2, 0) is 14.8 Å². The first-order valence-electron chi connectivity index (χ1n) is 6.83. The highest BCUT2D eigenvalue weighted by atomic mass is 32.2. The van der Waals surface area contributed by atoms with Gasteiger partial charge in [0.05, 0.1) is 12.2 Å². The quantitative estimate of drug-likeness (QED) is 0.883. The highest BCUT2D eigenvalue weighted by Gasteiger charge is 2.39. The van der Waals surface area contributed by atoms with Crippen LogP contribution in [0.1, 0.15) is 11.5 Å². The van der Waals surface area contributed by atoms with E-state index in [-0.39, 0.29) is 28.6 Å². The van der Waals surface area contributed by atoms with Gasteiger partial charge < -0.3 is 15.0 Å². The number of primary amides is 1. The van der Waals surface area contributed by atoms with Crippen LogP contribution in [0.4, 0.5) is 5.69 Å². The lowest BCUT2D eigenvalue weighted by Gasteiger charge is -2.33. The fourth-order valence-corrected chi connectivity index (χ4v) is 4.30. The Labute approximate surface area is 132 Å². The maximum Gasteiger partial charge on any atom is 0.270 e. The summed E-state index contributed by atoms with van der Waals surface area (Å²) in [4.78, 5) is 11.5. The first-order valence-corrected chi connectivity index (χ1v) is 8.27. The Morgan fingerprint density at radius 3 is 2.65 bits per heavy atom. The van der Waals surface area contributed by atoms with E-state index in [1.54, 1.807) is 31.2 Å². The Bertz CT molecular complexity index is 855. The molecule has 2 aromatic rings. The number of carbonyl (C=O) groups is 1. The lowest BCUT2D eigenvalue weighted by atomic mass is 10.2. The number of sulfonamides is 1. The largest absolute Gasteiger partial charge is 0.476 e. The van der Waals surface area contributed by atoms with E-state index in [1.165, 1.54) is 6.92 Å². The van der Waals surface area contributed by atoms with Gasteiger partial charge in [0.15, 0.2) is 16.8 Å². The minimum Gasteiger partial charge on any atom is -0.476 e. The lowest BCUT2D eigenvalue weighted by Crippen LogP contribution is -2.49. The van der Waals surface area contributed by atoms with Crippen molar-refractivity contribution in [2.24, 2.45) is 5.73 Å². The molecule has 0 saturated heterocycles. The van der Waals surface area contributed by atoms with E-state index in [2.05, 4.69) is 5.16 Å². The lowest BCUT2D eigenvalue weighted by molar-refractivity contribution is -0.124. The molecule has 122 valence electrons. The van der Waals surface area contributed by atoms with E-state index in [1.807, 2.05) is 0 Å². The molecule has 2 N–H and O–H groups in total. The van der Waals surface area contributed by atoms with E-state index in [9.17, 15) is 13.2 Å². The van der Waals surface area contributed by atoms with Crippen molar-refractivity contribution in [3.8, 4) is 5.75 Å². The Balaban J connectivity index is 2.16. The molecule has 0 bridgehead atoms. The van der Waals surface area contributed by atoms with Crippen molar-refractivity contribution in [2.75, 3.05) is 10.8 Å². The van der Waals surface area contributed by atoms with Gasteiger partial charge in [0.25, 0.3) is 15.9 Å². The molecule has 0 aliphatic carbocycles. The zero-order valence-corrected chi connectivity index (χ0v) is 13.3. The molecule has 1 aliphatic heterocycles. The van der Waals surface area contributed by atoms with Gasteiger partial charge in [-0.15, -0.1) is 0 Å². The molecule has 8 nitrogen and oxygen atoms in total. The maximum absolute atomic E-state index is 13.0. The number of amides is 1. The molecule has 0 unspecified atom stereocenters. The van der Waals surface area contributed by atoms with Crippen LogP contribution < -0.4 is 14.8 Å². The summed E-state index contributed by atoms with van der Waals surface area (Å²) >= 11 is 0. The van der Waals surface area contributed by atoms with Crippen LogP contribution in [0.3, 0.4) is 0 Å². The summed E-state index contributed by atoms with van der Waals surface area (Å²) in [5.41, 5.74) is 5.88. The molecule has 0 spiro atoms. The van der Waals surface area contributed by atoms with Crippen molar-refractivity contribution in [1.82, 2.24) is 5.16 Å². The topological polar surface area (TPSA) is 116 Å². The van der Waals surface area contributed by atoms with Gasteiger partial charge in [-0.2, -0.15) is 0 Å². The van der Waals surface area contributed by atoms with Crippen LogP contribution in [-0.4, -0.2) is 32.1 Å². The highest BCUT2D eigenvalue weighted by molar-refractivity contribution is 7.93. The maximum atomic E-state index is 13.0. The van der Waals surface area contributed by atoms with E-state index >= 15 is 0 Å². The van der Waals surface area contributed by atoms with Gasteiger partial charge in [-0.05, 0) is 26.0 Å². The fourth-order valence-electron chi connectivity index (χ4n) is 2.53. The van der Waals surface area contributed by atoms with E-state index in [0.717, 1.165) is 4.31 Å². The number of para-hydroxylation sites is 2. The molecule has 1 aromatic carbocycles. The van der Waals surface area contributed by atoms with Crippen LogP contribution in [0.25, 0.3) is 0 Å². The summed E-state index contributed by atoms with van der Waals surface area (Å²) in [5, 5.41) is 3.68. The second-order valence-corrected chi connectivity index (χ2v) is 6.97. The summed E-state index contributed by atoms with van der Waals surface area (Å²) in [5.74, 6) is -0.279. The van der Waals surface area contributed by atoms with Crippen LogP contribution in [0.15, 0.2) is 33.7 Å². The van der Waals surface area contributed by atoms with Crippen LogP contribution in [0.5, 0.6) is 5.75 Å². The number of rotatable bonds is 3. The number of carbonyl (C=O) groups excluding carboxylic acids is 1. The molecule has 1 aromatic heterocycles. The molecular formula is C14H15N3O5S. The Kier molecular flexibility index (Phi) is 3.52. The predicted octanol–water partition coefficient (Wildman–Crippen LogP) is 0.733. The fraction of sp³-hybridized carbons (Fsp3) is 0.286. The number of hydrogen-bond acceptors (Lipinski definition) is 6. The standard InChI is InChI=1S/C14H15N3O5S/c1-8-13(9(2)22-16-8)23(19,20)17-7-12(14(15)18)21-11-6-4-3-5-10(11)17/h3-6,12H,7H2,1-2H3,(H2,15,18)/t12-/m1/s1. The number of benzene rings is 1. The average Bonchev–Trinajstić information content (AvgIpc) is 2.85. The van der Waals surface area contributed by atoms with E-state index < -0.39 is 22.0 Å². The number of nitrogens with zero attached hydrogens (tertiary/aromatic N) is 2. The van der Waals surface area contributed by atoms with Crippen molar-refractivity contribution in [2.45, 2.75) is 24.8 Å². The van der Waals surface area contributed by atoms with Crippen molar-refractivity contribution >= 4 is 21.6 Å².